The molecular formula is C40H49N5O7. The molecule has 5 amide bonds. The van der Waals surface area contributed by atoms with E-state index < -0.39 is 53.8 Å². The van der Waals surface area contributed by atoms with Gasteiger partial charge in [0.25, 0.3) is 0 Å². The molecule has 0 saturated carbocycles. The van der Waals surface area contributed by atoms with Crippen LogP contribution < -0.4 is 10.6 Å². The molecule has 276 valence electrons. The Labute approximate surface area is 305 Å². The number of nitrogens with one attached hydrogen (secondary N) is 2. The standard InChI is InChI=1S/C40H49N5O7/c1-27(43(5)38(49)52-40(2,3)4)35(46)41-32-25-44(39(50)51-26-28-15-9-6-10-16-28)24-23-31-21-22-33(45(31)37(32)48)36(47)42-34(29-17-11-7-12-18-29)30-19-13-8-14-20-30/h6-20,27,31-34H,21-26H2,1-5H3,(H,41,46)(H,42,47)/t27-,31?,32-,33+/m0/s1. The maximum atomic E-state index is 14.6. The minimum atomic E-state index is -1.22. The smallest absolute Gasteiger partial charge is 0.410 e. The minimum absolute atomic E-state index is 0.0423. The molecule has 5 rings (SSSR count). The summed E-state index contributed by atoms with van der Waals surface area (Å²) in [5.41, 5.74) is 1.82. The Bertz CT molecular complexity index is 1660. The highest BCUT2D eigenvalue weighted by Crippen LogP contribution is 2.31. The van der Waals surface area contributed by atoms with Crippen molar-refractivity contribution in [2.24, 2.45) is 0 Å². The molecule has 0 radical (unpaired) electrons. The van der Waals surface area contributed by atoms with Gasteiger partial charge < -0.3 is 29.9 Å². The summed E-state index contributed by atoms with van der Waals surface area (Å²) in [5, 5.41) is 5.99. The predicted octanol–water partition coefficient (Wildman–Crippen LogP) is 5.03. The van der Waals surface area contributed by atoms with Crippen molar-refractivity contribution in [3.63, 3.8) is 0 Å². The fraction of sp³-hybridized carbons (Fsp3) is 0.425. The zero-order valence-electron chi connectivity index (χ0n) is 30.5. The zero-order chi connectivity index (χ0) is 37.4. The highest BCUT2D eigenvalue weighted by molar-refractivity contribution is 5.95. The van der Waals surface area contributed by atoms with Gasteiger partial charge in [0, 0.05) is 19.6 Å². The van der Waals surface area contributed by atoms with Crippen LogP contribution in [0.1, 0.15) is 69.7 Å². The van der Waals surface area contributed by atoms with E-state index in [2.05, 4.69) is 10.6 Å². The van der Waals surface area contributed by atoms with E-state index in [1.165, 1.54) is 18.9 Å². The molecule has 2 saturated heterocycles. The molecular weight excluding hydrogens is 662 g/mol. The van der Waals surface area contributed by atoms with E-state index in [-0.39, 0.29) is 31.6 Å². The molecule has 0 aromatic heterocycles. The molecule has 0 spiro atoms. The number of ether oxygens (including phenoxy) is 2. The Morgan fingerprint density at radius 2 is 1.44 bits per heavy atom. The third kappa shape index (κ3) is 9.48. The lowest BCUT2D eigenvalue weighted by molar-refractivity contribution is -0.145. The topological polar surface area (TPSA) is 138 Å². The van der Waals surface area contributed by atoms with Gasteiger partial charge in [0.1, 0.15) is 30.3 Å². The van der Waals surface area contributed by atoms with Gasteiger partial charge in [-0.2, -0.15) is 0 Å². The Balaban J connectivity index is 1.38. The lowest BCUT2D eigenvalue weighted by Gasteiger charge is -2.39. The summed E-state index contributed by atoms with van der Waals surface area (Å²) in [6.45, 7) is 6.80. The van der Waals surface area contributed by atoms with E-state index in [0.717, 1.165) is 21.6 Å². The van der Waals surface area contributed by atoms with Crippen LogP contribution in [0.4, 0.5) is 9.59 Å². The van der Waals surface area contributed by atoms with Crippen molar-refractivity contribution in [1.29, 1.82) is 0 Å². The Morgan fingerprint density at radius 1 is 0.865 bits per heavy atom. The van der Waals surface area contributed by atoms with Crippen molar-refractivity contribution >= 4 is 29.9 Å². The highest BCUT2D eigenvalue weighted by atomic mass is 16.6. The van der Waals surface area contributed by atoms with Crippen molar-refractivity contribution in [2.45, 2.75) is 89.4 Å². The van der Waals surface area contributed by atoms with Crippen LogP contribution in [0, 0.1) is 0 Å². The van der Waals surface area contributed by atoms with Gasteiger partial charge in [-0.1, -0.05) is 91.0 Å². The van der Waals surface area contributed by atoms with Gasteiger partial charge in [-0.05, 0) is 63.6 Å². The Hall–Kier alpha value is -5.39. The van der Waals surface area contributed by atoms with E-state index in [1.807, 2.05) is 91.0 Å². The fourth-order valence-corrected chi connectivity index (χ4v) is 6.56. The van der Waals surface area contributed by atoms with Crippen molar-refractivity contribution in [3.05, 3.63) is 108 Å². The number of rotatable bonds is 9. The lowest BCUT2D eigenvalue weighted by atomic mass is 9.98. The molecule has 52 heavy (non-hydrogen) atoms. The molecule has 3 aromatic carbocycles. The summed E-state index contributed by atoms with van der Waals surface area (Å²) in [5.74, 6) is -1.41. The Morgan fingerprint density at radius 3 is 2.02 bits per heavy atom. The predicted molar refractivity (Wildman–Crippen MR) is 195 cm³/mol. The number of hydrogen-bond donors (Lipinski definition) is 2. The number of amides is 5. The summed E-state index contributed by atoms with van der Waals surface area (Å²) in [6.07, 6.45) is 0.0540. The number of hydrogen-bond acceptors (Lipinski definition) is 7. The first kappa shape index (κ1) is 37.9. The average Bonchev–Trinajstić information content (AvgIpc) is 3.56. The molecule has 0 aliphatic carbocycles. The van der Waals surface area contributed by atoms with Crippen LogP contribution in [0.25, 0.3) is 0 Å². The second kappa shape index (κ2) is 16.8. The largest absolute Gasteiger partial charge is 0.445 e. The second-order valence-electron chi connectivity index (χ2n) is 14.4. The maximum absolute atomic E-state index is 14.6. The quantitative estimate of drug-likeness (QED) is 0.318. The number of nitrogens with zero attached hydrogens (tertiary/aromatic N) is 3. The van der Waals surface area contributed by atoms with Gasteiger partial charge in [0.15, 0.2) is 0 Å². The first-order valence-electron chi connectivity index (χ1n) is 17.8. The van der Waals surface area contributed by atoms with E-state index >= 15 is 0 Å². The molecule has 2 fully saturated rings. The molecule has 2 aliphatic heterocycles. The first-order valence-corrected chi connectivity index (χ1v) is 17.8. The molecule has 1 unspecified atom stereocenters. The van der Waals surface area contributed by atoms with Gasteiger partial charge in [0.05, 0.1) is 12.6 Å². The molecule has 2 aliphatic rings. The van der Waals surface area contributed by atoms with Crippen molar-refractivity contribution < 1.29 is 33.4 Å². The number of benzene rings is 3. The molecule has 4 atom stereocenters. The van der Waals surface area contributed by atoms with Crippen LogP contribution in [0.5, 0.6) is 0 Å². The summed E-state index contributed by atoms with van der Waals surface area (Å²) in [4.78, 5) is 72.8. The number of carbonyl (C=O) groups is 5. The van der Waals surface area contributed by atoms with Gasteiger partial charge in [-0.25, -0.2) is 9.59 Å². The van der Waals surface area contributed by atoms with Gasteiger partial charge in [-0.3, -0.25) is 19.3 Å². The summed E-state index contributed by atoms with van der Waals surface area (Å²) < 4.78 is 11.1. The van der Waals surface area contributed by atoms with E-state index in [0.29, 0.717) is 19.3 Å². The summed E-state index contributed by atoms with van der Waals surface area (Å²) >= 11 is 0. The second-order valence-corrected chi connectivity index (χ2v) is 14.4. The van der Waals surface area contributed by atoms with Gasteiger partial charge in [0.2, 0.25) is 17.7 Å². The van der Waals surface area contributed by atoms with Crippen LogP contribution in [0.15, 0.2) is 91.0 Å². The first-order chi connectivity index (χ1) is 24.8. The molecule has 2 N–H and O–H groups in total. The monoisotopic (exact) mass is 711 g/mol. The van der Waals surface area contributed by atoms with Crippen LogP contribution in [0.2, 0.25) is 0 Å². The number of carbonyl (C=O) groups excluding carboxylic acids is 5. The van der Waals surface area contributed by atoms with E-state index in [9.17, 15) is 24.0 Å². The maximum Gasteiger partial charge on any atom is 0.410 e. The molecule has 2 heterocycles. The third-order valence-electron chi connectivity index (χ3n) is 9.47. The third-order valence-corrected chi connectivity index (χ3v) is 9.47. The van der Waals surface area contributed by atoms with Crippen LogP contribution in [-0.2, 0) is 30.5 Å². The molecule has 3 aromatic rings. The van der Waals surface area contributed by atoms with Crippen LogP contribution in [0.3, 0.4) is 0 Å². The molecule has 0 bridgehead atoms. The number of likely N-dealkylation sites (N-methyl/N-ethyl adjacent to an activating group) is 1. The van der Waals surface area contributed by atoms with Gasteiger partial charge >= 0.3 is 12.2 Å². The number of fused-ring (bicyclic) bond motifs is 1. The highest BCUT2D eigenvalue weighted by Gasteiger charge is 2.46. The van der Waals surface area contributed by atoms with Crippen molar-refractivity contribution in [3.8, 4) is 0 Å². The van der Waals surface area contributed by atoms with E-state index in [4.69, 9.17) is 9.47 Å². The van der Waals surface area contributed by atoms with E-state index in [1.54, 1.807) is 25.7 Å². The summed E-state index contributed by atoms with van der Waals surface area (Å²) in [6, 6.07) is 24.7. The van der Waals surface area contributed by atoms with Crippen LogP contribution >= 0.6 is 0 Å². The molecule has 12 heteroatoms. The molecule has 12 nitrogen and oxygen atoms in total. The average molecular weight is 712 g/mol. The van der Waals surface area contributed by atoms with Crippen molar-refractivity contribution in [2.75, 3.05) is 20.1 Å². The lowest BCUT2D eigenvalue weighted by Crippen LogP contribution is -2.62. The fourth-order valence-electron chi connectivity index (χ4n) is 6.56. The minimum Gasteiger partial charge on any atom is -0.445 e. The normalized spacial score (nSPS) is 19.5. The van der Waals surface area contributed by atoms with Gasteiger partial charge in [-0.15, -0.1) is 0 Å². The van der Waals surface area contributed by atoms with Crippen molar-refractivity contribution in [1.82, 2.24) is 25.3 Å². The SMILES string of the molecule is C[C@@H](C(=O)N[C@H]1CN(C(=O)OCc2ccccc2)CCC2CC[C@H](C(=O)NC(c3ccccc3)c3ccccc3)N2C1=O)N(C)C(=O)OC(C)(C)C. The Kier molecular flexibility index (Phi) is 12.2. The zero-order valence-corrected chi connectivity index (χ0v) is 30.5. The summed E-state index contributed by atoms with van der Waals surface area (Å²) in [7, 11) is 1.44. The van der Waals surface area contributed by atoms with Crippen LogP contribution in [-0.4, -0.2) is 94.5 Å².